The summed E-state index contributed by atoms with van der Waals surface area (Å²) in [5, 5.41) is 5.19. The first-order chi connectivity index (χ1) is 9.60. The molecule has 0 bridgehead atoms. The van der Waals surface area contributed by atoms with Gasteiger partial charge in [0.05, 0.1) is 20.8 Å². The lowest BCUT2D eigenvalue weighted by Gasteiger charge is -2.20. The van der Waals surface area contributed by atoms with Crippen LogP contribution in [0.1, 0.15) is 32.6 Å². The Morgan fingerprint density at radius 1 is 1.10 bits per heavy atom. The third-order valence-corrected chi connectivity index (χ3v) is 4.77. The summed E-state index contributed by atoms with van der Waals surface area (Å²) in [6, 6.07) is 3.97. The molecule has 0 radical (unpaired) electrons. The summed E-state index contributed by atoms with van der Waals surface area (Å²) in [5.74, 6) is 0. The largest absolute Gasteiger partial charge is 0.381 e. The molecule has 0 saturated carbocycles. The van der Waals surface area contributed by atoms with Gasteiger partial charge < -0.3 is 10.2 Å². The number of likely N-dealkylation sites (tertiary alicyclic amines) is 1. The van der Waals surface area contributed by atoms with Crippen molar-refractivity contribution in [3.05, 3.63) is 27.2 Å². The lowest BCUT2D eigenvalue weighted by atomic mass is 10.1. The maximum Gasteiger partial charge on any atom is 0.0653 e. The van der Waals surface area contributed by atoms with E-state index in [0.717, 1.165) is 25.1 Å². The third kappa shape index (κ3) is 4.42. The number of halogens is 3. The molecule has 1 aliphatic heterocycles. The molecule has 1 aromatic rings. The van der Waals surface area contributed by atoms with Gasteiger partial charge in [-0.1, -0.05) is 41.7 Å². The average Bonchev–Trinajstić information content (AvgIpc) is 2.62. The molecule has 1 aliphatic rings. The van der Waals surface area contributed by atoms with Gasteiger partial charge in [0.25, 0.3) is 0 Å². The molecule has 2 rings (SSSR count). The average molecular weight is 336 g/mol. The smallest absolute Gasteiger partial charge is 0.0653 e. The normalized spacial score (nSPS) is 20.7. The molecular formula is C15H21Cl3N2. The zero-order valence-corrected chi connectivity index (χ0v) is 14.0. The van der Waals surface area contributed by atoms with Crippen LogP contribution in [0.25, 0.3) is 0 Å². The first-order valence-corrected chi connectivity index (χ1v) is 8.37. The minimum Gasteiger partial charge on any atom is -0.381 e. The van der Waals surface area contributed by atoms with E-state index in [-0.39, 0.29) is 0 Å². The highest BCUT2D eigenvalue weighted by molar-refractivity contribution is 6.44. The molecule has 1 unspecified atom stereocenters. The molecule has 20 heavy (non-hydrogen) atoms. The number of nitrogens with one attached hydrogen (secondary N) is 1. The molecule has 0 spiro atoms. The second-order valence-corrected chi connectivity index (χ2v) is 6.58. The van der Waals surface area contributed by atoms with E-state index in [4.69, 9.17) is 34.8 Å². The molecule has 0 amide bonds. The van der Waals surface area contributed by atoms with Crippen LogP contribution in [0.2, 0.25) is 15.1 Å². The van der Waals surface area contributed by atoms with Crippen molar-refractivity contribution in [2.45, 2.75) is 38.6 Å². The van der Waals surface area contributed by atoms with Crippen LogP contribution in [0.3, 0.4) is 0 Å². The van der Waals surface area contributed by atoms with Gasteiger partial charge in [-0.05, 0) is 50.9 Å². The fraction of sp³-hybridized carbons (Fsp3) is 0.600. The highest BCUT2D eigenvalue weighted by Crippen LogP contribution is 2.33. The predicted octanol–water partition coefficient (Wildman–Crippen LogP) is 5.32. The van der Waals surface area contributed by atoms with Crippen molar-refractivity contribution in [2.75, 3.05) is 25.0 Å². The van der Waals surface area contributed by atoms with Gasteiger partial charge in [0.15, 0.2) is 0 Å². The minimum atomic E-state index is 0.451. The molecule has 2 nitrogen and oxygen atoms in total. The topological polar surface area (TPSA) is 15.3 Å². The van der Waals surface area contributed by atoms with Crippen LogP contribution >= 0.6 is 34.8 Å². The summed E-state index contributed by atoms with van der Waals surface area (Å²) in [6.07, 6.45) is 4.74. The maximum absolute atomic E-state index is 6.22. The molecular weight excluding hydrogens is 315 g/mol. The van der Waals surface area contributed by atoms with Crippen molar-refractivity contribution in [1.82, 2.24) is 4.90 Å². The Hall–Kier alpha value is -0.150. The molecule has 0 aliphatic carbocycles. The van der Waals surface area contributed by atoms with Crippen molar-refractivity contribution < 1.29 is 0 Å². The Labute approximate surface area is 136 Å². The van der Waals surface area contributed by atoms with E-state index in [2.05, 4.69) is 17.1 Å². The number of nitrogens with zero attached hydrogens (tertiary/aromatic N) is 1. The van der Waals surface area contributed by atoms with E-state index in [1.54, 1.807) is 6.07 Å². The zero-order valence-electron chi connectivity index (χ0n) is 11.8. The second-order valence-electron chi connectivity index (χ2n) is 5.36. The van der Waals surface area contributed by atoms with E-state index >= 15 is 0 Å². The predicted molar refractivity (Wildman–Crippen MR) is 89.5 cm³/mol. The summed E-state index contributed by atoms with van der Waals surface area (Å²) in [5.41, 5.74) is 0.884. The summed E-state index contributed by atoms with van der Waals surface area (Å²) < 4.78 is 0. The van der Waals surface area contributed by atoms with Crippen molar-refractivity contribution in [3.63, 3.8) is 0 Å². The molecule has 1 aromatic carbocycles. The van der Waals surface area contributed by atoms with E-state index < -0.39 is 0 Å². The van der Waals surface area contributed by atoms with Crippen LogP contribution in [0.4, 0.5) is 5.69 Å². The van der Waals surface area contributed by atoms with Gasteiger partial charge in [0, 0.05) is 12.6 Å². The Morgan fingerprint density at radius 3 is 2.60 bits per heavy atom. The van der Waals surface area contributed by atoms with E-state index in [1.165, 1.54) is 25.9 Å². The fourth-order valence-electron chi connectivity index (χ4n) is 2.69. The molecule has 112 valence electrons. The van der Waals surface area contributed by atoms with Gasteiger partial charge in [-0.2, -0.15) is 0 Å². The van der Waals surface area contributed by atoms with Crippen LogP contribution < -0.4 is 5.32 Å². The van der Waals surface area contributed by atoms with Crippen LogP contribution in [-0.2, 0) is 0 Å². The first kappa shape index (κ1) is 16.2. The minimum absolute atomic E-state index is 0.451. The summed E-state index contributed by atoms with van der Waals surface area (Å²) in [6.45, 7) is 5.77. The standard InChI is InChI=1S/C15H21Cl3N2/c1-2-6-20-7-3-4-11(5-8-20)19-15-10-13(17)12(16)9-14(15)18/h9-11,19H,2-8H2,1H3. The summed E-state index contributed by atoms with van der Waals surface area (Å²) in [7, 11) is 0. The Kier molecular flexibility index (Phi) is 6.28. The third-order valence-electron chi connectivity index (χ3n) is 3.73. The zero-order chi connectivity index (χ0) is 14.5. The summed E-state index contributed by atoms with van der Waals surface area (Å²) in [4.78, 5) is 2.54. The van der Waals surface area contributed by atoms with Gasteiger partial charge >= 0.3 is 0 Å². The van der Waals surface area contributed by atoms with Gasteiger partial charge in [-0.3, -0.25) is 0 Å². The number of rotatable bonds is 4. The lowest BCUT2D eigenvalue weighted by Crippen LogP contribution is -2.27. The highest BCUT2D eigenvalue weighted by Gasteiger charge is 2.17. The monoisotopic (exact) mass is 334 g/mol. The SMILES string of the molecule is CCCN1CCCC(Nc2cc(Cl)c(Cl)cc2Cl)CC1. The van der Waals surface area contributed by atoms with Gasteiger partial charge in [-0.15, -0.1) is 0 Å². The van der Waals surface area contributed by atoms with Gasteiger partial charge in [0.1, 0.15) is 0 Å². The van der Waals surface area contributed by atoms with Crippen molar-refractivity contribution in [2.24, 2.45) is 0 Å². The molecule has 0 aromatic heterocycles. The van der Waals surface area contributed by atoms with Crippen LogP contribution in [0, 0.1) is 0 Å². The summed E-state index contributed by atoms with van der Waals surface area (Å²) >= 11 is 18.2. The molecule has 5 heteroatoms. The Balaban J connectivity index is 1.98. The van der Waals surface area contributed by atoms with Crippen molar-refractivity contribution in [1.29, 1.82) is 0 Å². The fourth-order valence-corrected chi connectivity index (χ4v) is 3.29. The first-order valence-electron chi connectivity index (χ1n) is 7.23. The van der Waals surface area contributed by atoms with Crippen molar-refractivity contribution in [3.8, 4) is 0 Å². The molecule has 1 heterocycles. The van der Waals surface area contributed by atoms with E-state index in [0.29, 0.717) is 21.1 Å². The van der Waals surface area contributed by atoms with E-state index in [9.17, 15) is 0 Å². The van der Waals surface area contributed by atoms with Gasteiger partial charge in [0.2, 0.25) is 0 Å². The van der Waals surface area contributed by atoms with Crippen LogP contribution in [0.5, 0.6) is 0 Å². The Morgan fingerprint density at radius 2 is 1.85 bits per heavy atom. The lowest BCUT2D eigenvalue weighted by molar-refractivity contribution is 0.285. The molecule has 1 saturated heterocycles. The second kappa shape index (κ2) is 7.74. The highest BCUT2D eigenvalue weighted by atomic mass is 35.5. The van der Waals surface area contributed by atoms with E-state index in [1.807, 2.05) is 6.07 Å². The molecule has 1 N–H and O–H groups in total. The molecule has 1 atom stereocenters. The van der Waals surface area contributed by atoms with Gasteiger partial charge in [-0.25, -0.2) is 0 Å². The van der Waals surface area contributed by atoms with Crippen molar-refractivity contribution >= 4 is 40.5 Å². The quantitative estimate of drug-likeness (QED) is 0.749. The van der Waals surface area contributed by atoms with Crippen LogP contribution in [0.15, 0.2) is 12.1 Å². The Bertz CT molecular complexity index is 451. The molecule has 1 fully saturated rings. The number of benzene rings is 1. The maximum atomic E-state index is 6.22. The number of hydrogen-bond acceptors (Lipinski definition) is 2. The van der Waals surface area contributed by atoms with Crippen LogP contribution in [-0.4, -0.2) is 30.6 Å². The number of hydrogen-bond donors (Lipinski definition) is 1. The number of anilines is 1.